The van der Waals surface area contributed by atoms with E-state index in [-0.39, 0.29) is 12.1 Å². The van der Waals surface area contributed by atoms with Crippen molar-refractivity contribution in [1.82, 2.24) is 15.5 Å². The van der Waals surface area contributed by atoms with E-state index in [1.165, 1.54) is 25.9 Å². The normalized spacial score (nSPS) is 19.6. The van der Waals surface area contributed by atoms with Gasteiger partial charge >= 0.3 is 6.09 Å². The monoisotopic (exact) mass is 285 g/mol. The molecule has 20 heavy (non-hydrogen) atoms. The topological polar surface area (TPSA) is 53.6 Å². The lowest BCUT2D eigenvalue weighted by atomic mass is 9.97. The number of ether oxygens (including phenoxy) is 1. The molecule has 1 aliphatic rings. The molecular formula is C15H31N3O2. The third-order valence-electron chi connectivity index (χ3n) is 3.48. The molecule has 1 fully saturated rings. The molecule has 0 aromatic rings. The number of nitrogens with one attached hydrogen (secondary N) is 2. The van der Waals surface area contributed by atoms with E-state index in [1.807, 2.05) is 27.7 Å². The summed E-state index contributed by atoms with van der Waals surface area (Å²) in [5.74, 6) is 0.764. The maximum absolute atomic E-state index is 11.6. The minimum atomic E-state index is -0.439. The second-order valence-electron chi connectivity index (χ2n) is 6.95. The first-order valence-electron chi connectivity index (χ1n) is 7.65. The zero-order valence-corrected chi connectivity index (χ0v) is 13.7. The Hall–Kier alpha value is -0.810. The second kappa shape index (κ2) is 7.84. The highest BCUT2D eigenvalue weighted by Crippen LogP contribution is 2.14. The van der Waals surface area contributed by atoms with Crippen molar-refractivity contribution >= 4 is 6.09 Å². The molecule has 118 valence electrons. The highest BCUT2D eigenvalue weighted by Gasteiger charge is 2.18. The van der Waals surface area contributed by atoms with Crippen LogP contribution in [-0.2, 0) is 4.74 Å². The van der Waals surface area contributed by atoms with E-state index in [1.54, 1.807) is 0 Å². The highest BCUT2D eigenvalue weighted by atomic mass is 16.6. The van der Waals surface area contributed by atoms with Gasteiger partial charge in [-0.2, -0.15) is 0 Å². The average molecular weight is 285 g/mol. The summed E-state index contributed by atoms with van der Waals surface area (Å²) in [7, 11) is 2.18. The maximum atomic E-state index is 11.6. The van der Waals surface area contributed by atoms with Gasteiger partial charge < -0.3 is 20.3 Å². The standard InChI is InChI=1S/C15H31N3O2/c1-12(17-14(19)20-15(2,3)4)10-16-11-13-6-8-18(5)9-7-13/h12-13,16H,6-11H2,1-5H3,(H,17,19). The molecule has 1 saturated heterocycles. The molecule has 5 heteroatoms. The zero-order chi connectivity index (χ0) is 15.2. The molecule has 1 amide bonds. The molecule has 0 bridgehead atoms. The molecule has 0 aliphatic carbocycles. The van der Waals surface area contributed by atoms with E-state index in [9.17, 15) is 4.79 Å². The number of likely N-dealkylation sites (tertiary alicyclic amines) is 1. The summed E-state index contributed by atoms with van der Waals surface area (Å²) in [6.07, 6.45) is 2.18. The summed E-state index contributed by atoms with van der Waals surface area (Å²) in [5, 5.41) is 6.30. The van der Waals surface area contributed by atoms with Crippen LogP contribution >= 0.6 is 0 Å². The molecule has 2 N–H and O–H groups in total. The van der Waals surface area contributed by atoms with E-state index >= 15 is 0 Å². The van der Waals surface area contributed by atoms with Gasteiger partial charge in [0.25, 0.3) is 0 Å². The first-order chi connectivity index (χ1) is 9.26. The van der Waals surface area contributed by atoms with Gasteiger partial charge in [-0.25, -0.2) is 4.79 Å². The lowest BCUT2D eigenvalue weighted by Crippen LogP contribution is -2.44. The fraction of sp³-hybridized carbons (Fsp3) is 0.933. The first kappa shape index (κ1) is 17.2. The number of alkyl carbamates (subject to hydrolysis) is 1. The van der Waals surface area contributed by atoms with Gasteiger partial charge in [0, 0.05) is 12.6 Å². The van der Waals surface area contributed by atoms with Gasteiger partial charge in [-0.1, -0.05) is 0 Å². The van der Waals surface area contributed by atoms with Crippen LogP contribution in [0, 0.1) is 5.92 Å². The van der Waals surface area contributed by atoms with Crippen LogP contribution in [0.4, 0.5) is 4.79 Å². The van der Waals surface area contributed by atoms with Crippen molar-refractivity contribution in [3.05, 3.63) is 0 Å². The van der Waals surface area contributed by atoms with Gasteiger partial charge in [-0.15, -0.1) is 0 Å². The predicted octanol–water partition coefficient (Wildman–Crippen LogP) is 1.83. The molecule has 0 aromatic heterocycles. The molecule has 1 rings (SSSR count). The number of rotatable bonds is 5. The quantitative estimate of drug-likeness (QED) is 0.809. The number of hydrogen-bond donors (Lipinski definition) is 2. The van der Waals surface area contributed by atoms with Gasteiger partial charge in [0.2, 0.25) is 0 Å². The molecule has 1 atom stereocenters. The Kier molecular flexibility index (Phi) is 6.76. The van der Waals surface area contributed by atoms with Gasteiger partial charge in [0.1, 0.15) is 5.60 Å². The molecule has 0 saturated carbocycles. The van der Waals surface area contributed by atoms with Crippen molar-refractivity contribution in [1.29, 1.82) is 0 Å². The molecule has 0 radical (unpaired) electrons. The number of carbonyl (C=O) groups excluding carboxylic acids is 1. The molecular weight excluding hydrogens is 254 g/mol. The Balaban J connectivity index is 2.11. The Bertz CT molecular complexity index is 294. The van der Waals surface area contributed by atoms with Crippen LogP contribution in [0.15, 0.2) is 0 Å². The molecule has 1 aliphatic heterocycles. The number of piperidine rings is 1. The minimum absolute atomic E-state index is 0.0797. The van der Waals surface area contributed by atoms with Gasteiger partial charge in [0.15, 0.2) is 0 Å². The van der Waals surface area contributed by atoms with Crippen molar-refractivity contribution in [3.63, 3.8) is 0 Å². The van der Waals surface area contributed by atoms with E-state index < -0.39 is 5.60 Å². The van der Waals surface area contributed by atoms with Crippen molar-refractivity contribution in [2.75, 3.05) is 33.2 Å². The third kappa shape index (κ3) is 7.70. The molecule has 5 nitrogen and oxygen atoms in total. The van der Waals surface area contributed by atoms with E-state index in [0.29, 0.717) is 0 Å². The third-order valence-corrected chi connectivity index (χ3v) is 3.48. The number of amides is 1. The van der Waals surface area contributed by atoms with Crippen LogP contribution in [0.5, 0.6) is 0 Å². The number of hydrogen-bond acceptors (Lipinski definition) is 4. The summed E-state index contributed by atoms with van der Waals surface area (Å²) < 4.78 is 5.23. The van der Waals surface area contributed by atoms with Crippen LogP contribution in [0.2, 0.25) is 0 Å². The van der Waals surface area contributed by atoms with Crippen LogP contribution in [0.25, 0.3) is 0 Å². The maximum Gasteiger partial charge on any atom is 0.407 e. The Morgan fingerprint density at radius 1 is 1.35 bits per heavy atom. The average Bonchev–Trinajstić information content (AvgIpc) is 2.29. The Morgan fingerprint density at radius 2 is 1.95 bits per heavy atom. The Morgan fingerprint density at radius 3 is 2.50 bits per heavy atom. The predicted molar refractivity (Wildman–Crippen MR) is 81.9 cm³/mol. The largest absolute Gasteiger partial charge is 0.444 e. The summed E-state index contributed by atoms with van der Waals surface area (Å²) in [6.45, 7) is 11.8. The lowest BCUT2D eigenvalue weighted by Gasteiger charge is -2.29. The van der Waals surface area contributed by atoms with Crippen LogP contribution in [-0.4, -0.2) is 55.9 Å². The fourth-order valence-electron chi connectivity index (χ4n) is 2.33. The highest BCUT2D eigenvalue weighted by molar-refractivity contribution is 5.68. The molecule has 1 unspecified atom stereocenters. The van der Waals surface area contributed by atoms with Crippen LogP contribution in [0.3, 0.4) is 0 Å². The molecule has 1 heterocycles. The second-order valence-corrected chi connectivity index (χ2v) is 6.95. The zero-order valence-electron chi connectivity index (χ0n) is 13.7. The molecule has 0 spiro atoms. The summed E-state index contributed by atoms with van der Waals surface area (Å²) in [4.78, 5) is 14.0. The van der Waals surface area contributed by atoms with Crippen molar-refractivity contribution in [2.45, 2.75) is 52.2 Å². The lowest BCUT2D eigenvalue weighted by molar-refractivity contribution is 0.0508. The van der Waals surface area contributed by atoms with Crippen LogP contribution in [0.1, 0.15) is 40.5 Å². The molecule has 0 aromatic carbocycles. The van der Waals surface area contributed by atoms with Crippen LogP contribution < -0.4 is 10.6 Å². The van der Waals surface area contributed by atoms with E-state index in [4.69, 9.17) is 4.74 Å². The van der Waals surface area contributed by atoms with E-state index in [2.05, 4.69) is 22.6 Å². The van der Waals surface area contributed by atoms with Gasteiger partial charge in [0.05, 0.1) is 0 Å². The first-order valence-corrected chi connectivity index (χ1v) is 7.65. The van der Waals surface area contributed by atoms with Crippen molar-refractivity contribution in [2.24, 2.45) is 5.92 Å². The number of carbonyl (C=O) groups is 1. The van der Waals surface area contributed by atoms with Gasteiger partial charge in [-0.3, -0.25) is 0 Å². The summed E-state index contributed by atoms with van der Waals surface area (Å²) in [6, 6.07) is 0.0797. The fourth-order valence-corrected chi connectivity index (χ4v) is 2.33. The summed E-state index contributed by atoms with van der Waals surface area (Å²) >= 11 is 0. The minimum Gasteiger partial charge on any atom is -0.444 e. The van der Waals surface area contributed by atoms with Crippen molar-refractivity contribution < 1.29 is 9.53 Å². The number of nitrogens with zero attached hydrogens (tertiary/aromatic N) is 1. The van der Waals surface area contributed by atoms with E-state index in [0.717, 1.165) is 19.0 Å². The SMILES string of the molecule is CC(CNCC1CCN(C)CC1)NC(=O)OC(C)(C)C. The Labute approximate surface area is 123 Å². The van der Waals surface area contributed by atoms with Crippen molar-refractivity contribution in [3.8, 4) is 0 Å². The summed E-state index contributed by atoms with van der Waals surface area (Å²) in [5.41, 5.74) is -0.439. The van der Waals surface area contributed by atoms with Gasteiger partial charge in [-0.05, 0) is 73.1 Å². The smallest absolute Gasteiger partial charge is 0.407 e.